The molecule has 2 heterocycles. The maximum absolute atomic E-state index is 13.0. The number of non-ortho nitro benzene ring substituents is 1. The van der Waals surface area contributed by atoms with E-state index < -0.39 is 17.0 Å². The fraction of sp³-hybridized carbons (Fsp3) is 0.0526. The highest BCUT2D eigenvalue weighted by Gasteiger charge is 2.34. The van der Waals surface area contributed by atoms with Crippen LogP contribution in [0.4, 0.5) is 11.4 Å². The van der Waals surface area contributed by atoms with Crippen molar-refractivity contribution in [3.05, 3.63) is 92.2 Å². The average molecular weight is 394 g/mol. The van der Waals surface area contributed by atoms with Crippen LogP contribution in [0.15, 0.2) is 66.0 Å². The number of carbonyl (C=O) groups excluding carboxylic acids is 2. The number of nitrogens with zero attached hydrogens (tertiary/aromatic N) is 2. The number of thiophene rings is 1. The van der Waals surface area contributed by atoms with Crippen LogP contribution in [0, 0.1) is 10.1 Å². The van der Waals surface area contributed by atoms with Gasteiger partial charge in [0.15, 0.2) is 6.17 Å². The number of nitro benzene ring substituents is 1. The van der Waals surface area contributed by atoms with Crippen LogP contribution in [0.25, 0.3) is 0 Å². The summed E-state index contributed by atoms with van der Waals surface area (Å²) < 4.78 is 0. The third-order valence-corrected chi connectivity index (χ3v) is 5.23. The van der Waals surface area contributed by atoms with Crippen LogP contribution in [0.5, 0.6) is 0 Å². The van der Waals surface area contributed by atoms with Gasteiger partial charge in [0.25, 0.3) is 17.5 Å². The van der Waals surface area contributed by atoms with Crippen LogP contribution in [0.3, 0.4) is 0 Å². The summed E-state index contributed by atoms with van der Waals surface area (Å²) in [4.78, 5) is 36.8. The third-order valence-electron chi connectivity index (χ3n) is 4.30. The quantitative estimate of drug-likeness (QED) is 0.520. The van der Waals surface area contributed by atoms with Crippen LogP contribution in [0.2, 0.25) is 0 Å². The van der Waals surface area contributed by atoms with Crippen molar-refractivity contribution >= 4 is 34.5 Å². The number of carbonyl (C=O) groups is 2. The van der Waals surface area contributed by atoms with Gasteiger partial charge >= 0.3 is 0 Å². The van der Waals surface area contributed by atoms with Gasteiger partial charge in [0.05, 0.1) is 10.5 Å². The van der Waals surface area contributed by atoms with Crippen molar-refractivity contribution < 1.29 is 14.5 Å². The molecule has 0 bridgehead atoms. The molecule has 1 atom stereocenters. The first-order valence-electron chi connectivity index (χ1n) is 8.32. The zero-order chi connectivity index (χ0) is 19.7. The van der Waals surface area contributed by atoms with Gasteiger partial charge in [0, 0.05) is 28.3 Å². The maximum atomic E-state index is 13.0. The molecule has 0 unspecified atom stereocenters. The minimum absolute atomic E-state index is 0.113. The maximum Gasteiger partial charge on any atom is 0.276 e. The van der Waals surface area contributed by atoms with Gasteiger partial charge in [-0.25, -0.2) is 5.01 Å². The van der Waals surface area contributed by atoms with Gasteiger partial charge in [-0.1, -0.05) is 18.2 Å². The monoisotopic (exact) mass is 394 g/mol. The summed E-state index contributed by atoms with van der Waals surface area (Å²) in [5.41, 5.74) is 3.86. The number of hydrogen-bond acceptors (Lipinski definition) is 6. The molecule has 0 saturated carbocycles. The Labute approximate surface area is 163 Å². The molecule has 140 valence electrons. The van der Waals surface area contributed by atoms with Crippen LogP contribution in [-0.4, -0.2) is 21.7 Å². The lowest BCUT2D eigenvalue weighted by atomic mass is 10.1. The minimum atomic E-state index is -0.565. The highest BCUT2D eigenvalue weighted by Crippen LogP contribution is 2.33. The number of rotatable bonds is 4. The van der Waals surface area contributed by atoms with Crippen LogP contribution >= 0.6 is 11.3 Å². The molecule has 1 aliphatic rings. The number of hydrogen-bond donors (Lipinski definition) is 2. The van der Waals surface area contributed by atoms with E-state index in [4.69, 9.17) is 0 Å². The van der Waals surface area contributed by atoms with Crippen molar-refractivity contribution in [2.24, 2.45) is 0 Å². The number of anilines is 1. The van der Waals surface area contributed by atoms with E-state index in [1.807, 2.05) is 29.6 Å². The Balaban J connectivity index is 1.64. The second-order valence-corrected chi connectivity index (χ2v) is 7.01. The van der Waals surface area contributed by atoms with E-state index in [-0.39, 0.29) is 17.2 Å². The van der Waals surface area contributed by atoms with E-state index in [2.05, 4.69) is 10.7 Å². The van der Waals surface area contributed by atoms with Gasteiger partial charge in [0.1, 0.15) is 0 Å². The molecular formula is C19H14N4O4S. The number of nitro groups is 1. The normalized spacial score (nSPS) is 15.5. The number of fused-ring (bicyclic) bond motifs is 1. The van der Waals surface area contributed by atoms with Gasteiger partial charge in [-0.2, -0.15) is 0 Å². The topological polar surface area (TPSA) is 105 Å². The molecule has 28 heavy (non-hydrogen) atoms. The molecule has 1 aromatic heterocycles. The van der Waals surface area contributed by atoms with Crippen LogP contribution in [0.1, 0.15) is 31.8 Å². The van der Waals surface area contributed by atoms with E-state index in [0.29, 0.717) is 11.3 Å². The number of benzene rings is 2. The summed E-state index contributed by atoms with van der Waals surface area (Å²) in [6, 6.07) is 16.0. The van der Waals surface area contributed by atoms with E-state index in [9.17, 15) is 19.7 Å². The molecule has 2 N–H and O–H groups in total. The molecule has 0 spiro atoms. The molecule has 2 amide bonds. The zero-order valence-corrected chi connectivity index (χ0v) is 15.2. The largest absolute Gasteiger partial charge is 0.359 e. The van der Waals surface area contributed by atoms with Gasteiger partial charge < -0.3 is 5.32 Å². The molecule has 1 aliphatic heterocycles. The van der Waals surface area contributed by atoms with Gasteiger partial charge in [-0.15, -0.1) is 11.3 Å². The first kappa shape index (κ1) is 17.7. The second kappa shape index (κ2) is 7.12. The average Bonchev–Trinajstić information content (AvgIpc) is 3.24. The molecule has 3 aromatic rings. The molecule has 0 aliphatic carbocycles. The fourth-order valence-electron chi connectivity index (χ4n) is 2.92. The van der Waals surface area contributed by atoms with Gasteiger partial charge in [-0.05, 0) is 35.7 Å². The van der Waals surface area contributed by atoms with Gasteiger partial charge in [0.2, 0.25) is 0 Å². The summed E-state index contributed by atoms with van der Waals surface area (Å²) in [6.07, 6.45) is -0.565. The highest BCUT2D eigenvalue weighted by molar-refractivity contribution is 7.10. The van der Waals surface area contributed by atoms with Crippen LogP contribution in [-0.2, 0) is 0 Å². The van der Waals surface area contributed by atoms with Crippen molar-refractivity contribution in [3.63, 3.8) is 0 Å². The number of nitrogens with one attached hydrogen (secondary N) is 2. The smallest absolute Gasteiger partial charge is 0.276 e. The molecule has 9 heteroatoms. The SMILES string of the molecule is O=C(NN1C(=O)c2ccccc2N[C@@H]1c1cccs1)c1ccc([N+](=O)[O-])cc1. The van der Waals surface area contributed by atoms with Crippen molar-refractivity contribution in [1.82, 2.24) is 10.4 Å². The van der Waals surface area contributed by atoms with Crippen molar-refractivity contribution in [3.8, 4) is 0 Å². The van der Waals surface area contributed by atoms with Crippen molar-refractivity contribution in [2.75, 3.05) is 5.32 Å². The Kier molecular flexibility index (Phi) is 4.50. The zero-order valence-electron chi connectivity index (χ0n) is 14.4. The minimum Gasteiger partial charge on any atom is -0.359 e. The summed E-state index contributed by atoms with van der Waals surface area (Å²) >= 11 is 1.46. The molecule has 0 radical (unpaired) electrons. The lowest BCUT2D eigenvalue weighted by Gasteiger charge is -2.37. The van der Waals surface area contributed by atoms with Gasteiger partial charge in [-0.3, -0.25) is 25.1 Å². The van der Waals surface area contributed by atoms with Crippen LogP contribution < -0.4 is 10.7 Å². The van der Waals surface area contributed by atoms with E-state index in [1.54, 1.807) is 12.1 Å². The summed E-state index contributed by atoms with van der Waals surface area (Å²) in [5, 5.41) is 17.2. The second-order valence-electron chi connectivity index (χ2n) is 6.03. The highest BCUT2D eigenvalue weighted by atomic mass is 32.1. The van der Waals surface area contributed by atoms with E-state index >= 15 is 0 Å². The van der Waals surface area contributed by atoms with E-state index in [0.717, 1.165) is 4.88 Å². The Bertz CT molecular complexity index is 1050. The summed E-state index contributed by atoms with van der Waals surface area (Å²) in [6.45, 7) is 0. The third kappa shape index (κ3) is 3.19. The standard InChI is InChI=1S/C19H14N4O4S/c24-18(12-7-9-13(10-8-12)23(26)27)21-22-17(16-6-3-11-28-16)20-15-5-2-1-4-14(15)19(22)25/h1-11,17,20H,(H,21,24)/t17-/m0/s1. The Hall–Kier alpha value is -3.72. The molecule has 0 saturated heterocycles. The van der Waals surface area contributed by atoms with E-state index in [1.165, 1.54) is 40.6 Å². The predicted molar refractivity (Wildman–Crippen MR) is 104 cm³/mol. The number of hydrazine groups is 1. The van der Waals surface area contributed by atoms with Crippen molar-refractivity contribution in [1.29, 1.82) is 0 Å². The lowest BCUT2D eigenvalue weighted by molar-refractivity contribution is -0.384. The Morgan fingerprint density at radius 2 is 1.86 bits per heavy atom. The number of para-hydroxylation sites is 1. The lowest BCUT2D eigenvalue weighted by Crippen LogP contribution is -2.52. The number of amides is 2. The summed E-state index contributed by atoms with van der Waals surface area (Å²) in [7, 11) is 0. The summed E-state index contributed by atoms with van der Waals surface area (Å²) in [5.74, 6) is -0.881. The first-order chi connectivity index (χ1) is 13.5. The van der Waals surface area contributed by atoms with Crippen molar-refractivity contribution in [2.45, 2.75) is 6.17 Å². The molecule has 2 aromatic carbocycles. The fourth-order valence-corrected chi connectivity index (χ4v) is 3.69. The molecule has 8 nitrogen and oxygen atoms in total. The molecule has 4 rings (SSSR count). The Morgan fingerprint density at radius 1 is 1.11 bits per heavy atom. The molecule has 0 fully saturated rings. The first-order valence-corrected chi connectivity index (χ1v) is 9.20. The Morgan fingerprint density at radius 3 is 2.54 bits per heavy atom. The predicted octanol–water partition coefficient (Wildman–Crippen LogP) is 3.57. The molecular weight excluding hydrogens is 380 g/mol.